The molecule has 1 saturated heterocycles. The van der Waals surface area contributed by atoms with Crippen LogP contribution in [-0.4, -0.2) is 86.4 Å². The first kappa shape index (κ1) is 26.2. The fourth-order valence-corrected chi connectivity index (χ4v) is 4.53. The zero-order valence-electron chi connectivity index (χ0n) is 20.3. The van der Waals surface area contributed by atoms with Gasteiger partial charge in [0.15, 0.2) is 6.04 Å². The van der Waals surface area contributed by atoms with E-state index in [1.807, 2.05) is 48.5 Å². The number of rotatable bonds is 10. The van der Waals surface area contributed by atoms with E-state index >= 15 is 0 Å². The Kier molecular flexibility index (Phi) is 8.76. The molecule has 0 unspecified atom stereocenters. The number of carbonyl (C=O) groups excluding carboxylic acids is 2. The second kappa shape index (κ2) is 12.4. The van der Waals surface area contributed by atoms with Crippen molar-refractivity contribution in [2.45, 2.75) is 18.0 Å². The van der Waals surface area contributed by atoms with Crippen LogP contribution in [0.1, 0.15) is 17.0 Å². The van der Waals surface area contributed by atoms with Crippen LogP contribution < -0.4 is 5.32 Å². The molecule has 2 aromatic carbocycles. The number of nitrogens with one attached hydrogen (secondary N) is 1. The third kappa shape index (κ3) is 6.28. The molecule has 1 aliphatic heterocycles. The molecule has 0 radical (unpaired) electrons. The lowest BCUT2D eigenvalue weighted by Gasteiger charge is -2.34. The van der Waals surface area contributed by atoms with E-state index in [0.29, 0.717) is 13.2 Å². The Hall–Kier alpha value is -3.89. The summed E-state index contributed by atoms with van der Waals surface area (Å²) in [6.45, 7) is 4.27. The van der Waals surface area contributed by atoms with Gasteiger partial charge in [0, 0.05) is 12.5 Å². The number of ether oxygens (including phenoxy) is 4. The van der Waals surface area contributed by atoms with Crippen LogP contribution in [0, 0.1) is 0 Å². The Morgan fingerprint density at radius 3 is 2.41 bits per heavy atom. The largest absolute Gasteiger partial charge is 0.480 e. The summed E-state index contributed by atoms with van der Waals surface area (Å²) >= 11 is 0. The summed E-state index contributed by atoms with van der Waals surface area (Å²) in [7, 11) is 0. The number of amides is 2. The second-order valence-corrected chi connectivity index (χ2v) is 8.69. The molecule has 2 amide bonds. The average molecular weight is 511 g/mol. The molecular formula is C27H30N2O8. The predicted molar refractivity (Wildman–Crippen MR) is 133 cm³/mol. The van der Waals surface area contributed by atoms with E-state index in [2.05, 4.69) is 11.9 Å². The number of carboxylic acid groups (broad SMARTS) is 1. The highest BCUT2D eigenvalue weighted by Crippen LogP contribution is 2.44. The number of morpholine rings is 1. The topological polar surface area (TPSA) is 124 Å². The molecule has 2 aromatic rings. The van der Waals surface area contributed by atoms with Gasteiger partial charge < -0.3 is 29.4 Å². The van der Waals surface area contributed by atoms with Crippen molar-refractivity contribution >= 4 is 18.2 Å². The highest BCUT2D eigenvalue weighted by molar-refractivity contribution is 5.81. The number of carboxylic acids is 1. The Morgan fingerprint density at radius 1 is 1.08 bits per heavy atom. The van der Waals surface area contributed by atoms with Crippen LogP contribution in [0.2, 0.25) is 0 Å². The van der Waals surface area contributed by atoms with Crippen molar-refractivity contribution in [1.82, 2.24) is 10.2 Å². The second-order valence-electron chi connectivity index (χ2n) is 8.69. The molecule has 1 heterocycles. The first-order chi connectivity index (χ1) is 18.0. The minimum atomic E-state index is -1.33. The van der Waals surface area contributed by atoms with Gasteiger partial charge in [0.1, 0.15) is 13.2 Å². The molecule has 10 heteroatoms. The van der Waals surface area contributed by atoms with E-state index in [1.165, 1.54) is 11.0 Å². The van der Waals surface area contributed by atoms with Crippen LogP contribution in [0.3, 0.4) is 0 Å². The Morgan fingerprint density at radius 2 is 1.76 bits per heavy atom. The molecule has 2 aliphatic rings. The maximum atomic E-state index is 12.5. The fourth-order valence-electron chi connectivity index (χ4n) is 4.53. The zero-order valence-corrected chi connectivity index (χ0v) is 20.3. The first-order valence-electron chi connectivity index (χ1n) is 12.0. The molecule has 1 aliphatic carbocycles. The van der Waals surface area contributed by atoms with Gasteiger partial charge in [-0.3, -0.25) is 4.90 Å². The molecular weight excluding hydrogens is 480 g/mol. The van der Waals surface area contributed by atoms with Crippen molar-refractivity contribution in [3.63, 3.8) is 0 Å². The monoisotopic (exact) mass is 510 g/mol. The number of nitrogens with zero attached hydrogens (tertiary/aromatic N) is 1. The van der Waals surface area contributed by atoms with Crippen molar-refractivity contribution in [1.29, 1.82) is 0 Å². The molecule has 0 saturated carbocycles. The van der Waals surface area contributed by atoms with Gasteiger partial charge in [0.2, 0.25) is 0 Å². The molecule has 0 aromatic heterocycles. The fraction of sp³-hybridized carbons (Fsp3) is 0.370. The number of fused-ring (bicyclic) bond motifs is 3. The van der Waals surface area contributed by atoms with Crippen molar-refractivity contribution < 1.29 is 38.4 Å². The zero-order chi connectivity index (χ0) is 26.2. The Labute approximate surface area is 214 Å². The van der Waals surface area contributed by atoms with E-state index < -0.39 is 30.2 Å². The van der Waals surface area contributed by atoms with Crippen LogP contribution in [0.15, 0.2) is 61.2 Å². The number of benzene rings is 2. The van der Waals surface area contributed by atoms with Gasteiger partial charge in [-0.2, -0.15) is 0 Å². The summed E-state index contributed by atoms with van der Waals surface area (Å²) < 4.78 is 21.5. The number of hydrogen-bond donors (Lipinski definition) is 2. The van der Waals surface area contributed by atoms with Crippen molar-refractivity contribution in [2.24, 2.45) is 0 Å². The number of carbonyl (C=O) groups is 3. The Balaban J connectivity index is 1.29. The molecule has 0 spiro atoms. The van der Waals surface area contributed by atoms with Gasteiger partial charge >= 0.3 is 18.2 Å². The van der Waals surface area contributed by atoms with E-state index in [-0.39, 0.29) is 39.0 Å². The smallest absolute Gasteiger partial charge is 0.410 e. The molecule has 1 fully saturated rings. The lowest BCUT2D eigenvalue weighted by atomic mass is 9.98. The number of hydrogen-bond acceptors (Lipinski definition) is 7. The molecule has 2 N–H and O–H groups in total. The molecule has 37 heavy (non-hydrogen) atoms. The van der Waals surface area contributed by atoms with E-state index in [0.717, 1.165) is 22.3 Å². The lowest BCUT2D eigenvalue weighted by molar-refractivity contribution is -0.141. The SMILES string of the molecule is C=CCOC(=O)N1CCOC[C@H]1COC[C@H](NC(=O)OCC1c2ccccc2-c2ccccc21)C(=O)O. The minimum Gasteiger partial charge on any atom is -0.480 e. The number of alkyl carbamates (subject to hydrolysis) is 1. The van der Waals surface area contributed by atoms with Crippen LogP contribution in [-0.2, 0) is 23.7 Å². The highest BCUT2D eigenvalue weighted by Gasteiger charge is 2.31. The molecule has 4 rings (SSSR count). The van der Waals surface area contributed by atoms with Gasteiger partial charge in [0.25, 0.3) is 0 Å². The number of aliphatic carboxylic acids is 1. The quantitative estimate of drug-likeness (QED) is 0.468. The summed E-state index contributed by atoms with van der Waals surface area (Å²) in [4.78, 5) is 37.9. The first-order valence-corrected chi connectivity index (χ1v) is 12.0. The van der Waals surface area contributed by atoms with E-state index in [1.54, 1.807) is 0 Å². The molecule has 0 bridgehead atoms. The van der Waals surface area contributed by atoms with Crippen molar-refractivity contribution in [2.75, 3.05) is 46.2 Å². The summed E-state index contributed by atoms with van der Waals surface area (Å²) in [6, 6.07) is 14.1. The van der Waals surface area contributed by atoms with Crippen LogP contribution in [0.4, 0.5) is 9.59 Å². The van der Waals surface area contributed by atoms with Crippen LogP contribution in [0.25, 0.3) is 11.1 Å². The van der Waals surface area contributed by atoms with Crippen LogP contribution >= 0.6 is 0 Å². The molecule has 196 valence electrons. The van der Waals surface area contributed by atoms with Gasteiger partial charge in [0.05, 0.1) is 32.5 Å². The third-order valence-electron chi connectivity index (χ3n) is 6.32. The van der Waals surface area contributed by atoms with E-state index in [4.69, 9.17) is 18.9 Å². The van der Waals surface area contributed by atoms with Gasteiger partial charge in [-0.05, 0) is 22.3 Å². The van der Waals surface area contributed by atoms with Crippen molar-refractivity contribution in [3.8, 4) is 11.1 Å². The van der Waals surface area contributed by atoms with Crippen molar-refractivity contribution in [3.05, 3.63) is 72.3 Å². The lowest BCUT2D eigenvalue weighted by Crippen LogP contribution is -2.52. The highest BCUT2D eigenvalue weighted by atomic mass is 16.6. The summed E-state index contributed by atoms with van der Waals surface area (Å²) in [5.74, 6) is -1.41. The normalized spacial score (nSPS) is 17.3. The van der Waals surface area contributed by atoms with E-state index in [9.17, 15) is 19.5 Å². The predicted octanol–water partition coefficient (Wildman–Crippen LogP) is 3.02. The third-order valence-corrected chi connectivity index (χ3v) is 6.32. The summed E-state index contributed by atoms with van der Waals surface area (Å²) in [6.07, 6.45) is 0.0906. The maximum Gasteiger partial charge on any atom is 0.410 e. The molecule has 2 atom stereocenters. The maximum absolute atomic E-state index is 12.5. The van der Waals surface area contributed by atoms with Gasteiger partial charge in [-0.25, -0.2) is 14.4 Å². The van der Waals surface area contributed by atoms with Gasteiger partial charge in [-0.1, -0.05) is 61.2 Å². The summed E-state index contributed by atoms with van der Waals surface area (Å²) in [5, 5.41) is 11.9. The van der Waals surface area contributed by atoms with Gasteiger partial charge in [-0.15, -0.1) is 0 Å². The Bertz CT molecular complexity index is 1090. The van der Waals surface area contributed by atoms with Crippen LogP contribution in [0.5, 0.6) is 0 Å². The standard InChI is InChI=1S/C27H30N2O8/c1-2-12-36-27(33)29-11-13-34-14-18(29)15-35-17-24(25(30)31)28-26(32)37-16-23-21-9-5-3-7-19(21)20-8-4-6-10-22(20)23/h2-10,18,23-24H,1,11-17H2,(H,28,32)(H,30,31)/t18-,24-/m0/s1. The average Bonchev–Trinajstić information content (AvgIpc) is 3.23. The summed E-state index contributed by atoms with van der Waals surface area (Å²) in [5.41, 5.74) is 4.30. The minimum absolute atomic E-state index is 0.0132. The molecule has 10 nitrogen and oxygen atoms in total.